The Balaban J connectivity index is 1.86. The van der Waals surface area contributed by atoms with Gasteiger partial charge in [-0.2, -0.15) is 0 Å². The van der Waals surface area contributed by atoms with Crippen LogP contribution < -0.4 is 4.57 Å². The van der Waals surface area contributed by atoms with Crippen LogP contribution in [0.25, 0.3) is 11.0 Å². The van der Waals surface area contributed by atoms with Gasteiger partial charge in [0.15, 0.2) is 5.52 Å². The van der Waals surface area contributed by atoms with Gasteiger partial charge in [-0.25, -0.2) is 14.1 Å². The second kappa shape index (κ2) is 4.76. The predicted molar refractivity (Wildman–Crippen MR) is 72.1 cm³/mol. The fraction of sp³-hybridized carbons (Fsp3) is 0.231. The lowest BCUT2D eigenvalue weighted by Crippen LogP contribution is -2.23. The molecule has 1 aromatic carbocycles. The van der Waals surface area contributed by atoms with Gasteiger partial charge in [-0.15, -0.1) is 0 Å². The van der Waals surface area contributed by atoms with Gasteiger partial charge < -0.3 is 4.98 Å². The monoisotopic (exact) mass is 272 g/mol. The number of aromatic nitrogens is 4. The number of rotatable bonds is 4. The van der Waals surface area contributed by atoms with Crippen LogP contribution in [-0.2, 0) is 20.0 Å². The molecule has 0 radical (unpaired) electrons. The van der Waals surface area contributed by atoms with Gasteiger partial charge in [0, 0.05) is 12.5 Å². The average Bonchev–Trinajstić information content (AvgIpc) is 3.01. The number of nitro groups is 1. The zero-order valence-corrected chi connectivity index (χ0v) is 11.0. The summed E-state index contributed by atoms with van der Waals surface area (Å²) in [6.45, 7) is 0.772. The summed E-state index contributed by atoms with van der Waals surface area (Å²) in [6, 6.07) is 4.93. The number of fused-ring (bicyclic) bond motifs is 1. The molecule has 1 N–H and O–H groups in total. The number of nitrogens with one attached hydrogen (secondary N) is 1. The lowest BCUT2D eigenvalue weighted by molar-refractivity contribution is -0.671. The van der Waals surface area contributed by atoms with Gasteiger partial charge in [-0.3, -0.25) is 10.1 Å². The van der Waals surface area contributed by atoms with E-state index in [0.29, 0.717) is 17.5 Å². The van der Waals surface area contributed by atoms with Crippen molar-refractivity contribution in [2.24, 2.45) is 7.05 Å². The van der Waals surface area contributed by atoms with Crippen molar-refractivity contribution >= 4 is 16.7 Å². The molecule has 0 saturated heterocycles. The van der Waals surface area contributed by atoms with E-state index in [9.17, 15) is 10.1 Å². The minimum absolute atomic E-state index is 0.0392. The van der Waals surface area contributed by atoms with Crippen LogP contribution in [-0.4, -0.2) is 19.5 Å². The largest absolute Gasteiger partial charge is 0.342 e. The Labute approximate surface area is 114 Å². The van der Waals surface area contributed by atoms with Crippen LogP contribution in [0.2, 0.25) is 0 Å². The normalized spacial score (nSPS) is 11.1. The Bertz CT molecular complexity index is 774. The van der Waals surface area contributed by atoms with Crippen molar-refractivity contribution in [3.05, 3.63) is 52.9 Å². The fourth-order valence-corrected chi connectivity index (χ4v) is 2.20. The van der Waals surface area contributed by atoms with Crippen LogP contribution in [0.3, 0.4) is 0 Å². The van der Waals surface area contributed by atoms with Crippen LogP contribution >= 0.6 is 0 Å². The molecule has 7 heteroatoms. The zero-order chi connectivity index (χ0) is 14.1. The first kappa shape index (κ1) is 12.3. The number of nitro benzene ring substituents is 1. The quantitative estimate of drug-likeness (QED) is 0.442. The molecular formula is C13H14N5O2+. The maximum absolute atomic E-state index is 11.0. The standard InChI is InChI=1S/C13H14N5O2/c1-16-7-8-17(9-16)6-5-12-14-10-3-2-4-11(18(19)20)13(10)15-12/h2-4,7-9H,5-6H2,1H3,(H,14,15)/q+1. The molecule has 2 aromatic heterocycles. The summed E-state index contributed by atoms with van der Waals surface area (Å²) in [4.78, 5) is 18.0. The minimum atomic E-state index is -0.404. The van der Waals surface area contributed by atoms with Crippen LogP contribution in [0.15, 0.2) is 36.9 Å². The van der Waals surface area contributed by atoms with Gasteiger partial charge in [0.25, 0.3) is 5.69 Å². The van der Waals surface area contributed by atoms with Crippen molar-refractivity contribution in [2.75, 3.05) is 0 Å². The van der Waals surface area contributed by atoms with Crippen molar-refractivity contribution in [1.82, 2.24) is 14.5 Å². The van der Waals surface area contributed by atoms with Gasteiger partial charge in [0.05, 0.1) is 24.0 Å². The number of aryl methyl sites for hydroxylation is 3. The Hall–Kier alpha value is -2.70. The smallest absolute Gasteiger partial charge is 0.297 e. The highest BCUT2D eigenvalue weighted by atomic mass is 16.6. The number of para-hydroxylation sites is 1. The SMILES string of the molecule is C[n+]1ccn(CCc2nc3c([N+](=O)[O-])cccc3[nH]2)c1. The van der Waals surface area contributed by atoms with Crippen molar-refractivity contribution in [3.63, 3.8) is 0 Å². The van der Waals surface area contributed by atoms with E-state index in [-0.39, 0.29) is 5.69 Å². The van der Waals surface area contributed by atoms with Crippen LogP contribution in [0.4, 0.5) is 5.69 Å². The topological polar surface area (TPSA) is 80.6 Å². The highest BCUT2D eigenvalue weighted by Crippen LogP contribution is 2.23. The summed E-state index contributed by atoms with van der Waals surface area (Å²) in [5.74, 6) is 0.755. The average molecular weight is 272 g/mol. The molecule has 0 aliphatic rings. The van der Waals surface area contributed by atoms with E-state index in [1.165, 1.54) is 6.07 Å². The van der Waals surface area contributed by atoms with Gasteiger partial charge in [-0.05, 0) is 6.07 Å². The molecule has 0 aliphatic carbocycles. The fourth-order valence-electron chi connectivity index (χ4n) is 2.20. The molecule has 7 nitrogen and oxygen atoms in total. The molecule has 0 amide bonds. The second-order valence-electron chi connectivity index (χ2n) is 4.68. The Morgan fingerprint density at radius 3 is 3.05 bits per heavy atom. The highest BCUT2D eigenvalue weighted by Gasteiger charge is 2.15. The van der Waals surface area contributed by atoms with E-state index in [2.05, 4.69) is 9.97 Å². The van der Waals surface area contributed by atoms with E-state index in [1.807, 2.05) is 34.9 Å². The van der Waals surface area contributed by atoms with Crippen molar-refractivity contribution in [2.45, 2.75) is 13.0 Å². The van der Waals surface area contributed by atoms with Crippen molar-refractivity contribution < 1.29 is 9.49 Å². The van der Waals surface area contributed by atoms with Crippen LogP contribution in [0.5, 0.6) is 0 Å². The first-order valence-corrected chi connectivity index (χ1v) is 6.26. The number of imidazole rings is 2. The lowest BCUT2D eigenvalue weighted by atomic mass is 10.3. The maximum atomic E-state index is 11.0. The summed E-state index contributed by atoms with van der Waals surface area (Å²) in [5, 5.41) is 11.0. The van der Waals surface area contributed by atoms with E-state index in [0.717, 1.165) is 12.4 Å². The Morgan fingerprint density at radius 2 is 2.35 bits per heavy atom. The molecule has 0 bridgehead atoms. The Kier molecular flexibility index (Phi) is 2.94. The molecule has 0 spiro atoms. The zero-order valence-electron chi connectivity index (χ0n) is 11.0. The molecule has 2 heterocycles. The van der Waals surface area contributed by atoms with Crippen molar-refractivity contribution in [3.8, 4) is 0 Å². The van der Waals surface area contributed by atoms with E-state index in [1.54, 1.807) is 12.1 Å². The number of nitrogens with zero attached hydrogens (tertiary/aromatic N) is 4. The second-order valence-corrected chi connectivity index (χ2v) is 4.68. The molecule has 0 unspecified atom stereocenters. The third-order valence-corrected chi connectivity index (χ3v) is 3.17. The summed E-state index contributed by atoms with van der Waals surface area (Å²) in [7, 11) is 1.96. The summed E-state index contributed by atoms with van der Waals surface area (Å²) < 4.78 is 4.01. The van der Waals surface area contributed by atoms with Gasteiger partial charge in [0.2, 0.25) is 6.33 Å². The lowest BCUT2D eigenvalue weighted by Gasteiger charge is -1.93. The van der Waals surface area contributed by atoms with Crippen LogP contribution in [0, 0.1) is 10.1 Å². The maximum Gasteiger partial charge on any atom is 0.297 e. The van der Waals surface area contributed by atoms with E-state index < -0.39 is 4.92 Å². The van der Waals surface area contributed by atoms with Gasteiger partial charge in [-0.1, -0.05) is 6.07 Å². The van der Waals surface area contributed by atoms with Gasteiger partial charge in [0.1, 0.15) is 18.2 Å². The third kappa shape index (κ3) is 2.25. The molecule has 20 heavy (non-hydrogen) atoms. The summed E-state index contributed by atoms with van der Waals surface area (Å²) in [5.41, 5.74) is 1.16. The highest BCUT2D eigenvalue weighted by molar-refractivity contribution is 5.84. The number of H-pyrrole nitrogens is 1. The first-order chi connectivity index (χ1) is 9.63. The molecule has 0 fully saturated rings. The predicted octanol–water partition coefficient (Wildman–Crippen LogP) is 1.34. The first-order valence-electron chi connectivity index (χ1n) is 6.26. The number of hydrogen-bond donors (Lipinski definition) is 1. The molecule has 0 aliphatic heterocycles. The minimum Gasteiger partial charge on any atom is -0.342 e. The molecule has 102 valence electrons. The van der Waals surface area contributed by atoms with E-state index in [4.69, 9.17) is 0 Å². The van der Waals surface area contributed by atoms with Crippen LogP contribution in [0.1, 0.15) is 5.82 Å². The number of aromatic amines is 1. The van der Waals surface area contributed by atoms with Gasteiger partial charge >= 0.3 is 0 Å². The number of non-ortho nitro benzene ring substituents is 1. The summed E-state index contributed by atoms with van der Waals surface area (Å²) >= 11 is 0. The number of hydrogen-bond acceptors (Lipinski definition) is 3. The number of benzene rings is 1. The Morgan fingerprint density at radius 1 is 1.50 bits per heavy atom. The molecule has 3 rings (SSSR count). The molecule has 3 aromatic rings. The molecular weight excluding hydrogens is 258 g/mol. The summed E-state index contributed by atoms with van der Waals surface area (Å²) in [6.07, 6.45) is 6.61. The van der Waals surface area contributed by atoms with Crippen molar-refractivity contribution in [1.29, 1.82) is 0 Å². The van der Waals surface area contributed by atoms with E-state index >= 15 is 0 Å². The molecule has 0 saturated carbocycles. The third-order valence-electron chi connectivity index (χ3n) is 3.17. The molecule has 0 atom stereocenters.